The minimum atomic E-state index is -0.366. The molecule has 1 N–H and O–H groups in total. The van der Waals surface area contributed by atoms with Gasteiger partial charge in [-0.2, -0.15) is 10.2 Å². The van der Waals surface area contributed by atoms with Gasteiger partial charge in [-0.3, -0.25) is 9.59 Å². The second-order valence-corrected chi connectivity index (χ2v) is 7.00. The van der Waals surface area contributed by atoms with Gasteiger partial charge in [-0.1, -0.05) is 0 Å². The molecule has 3 heterocycles. The molecule has 1 aliphatic rings. The molecule has 0 radical (unpaired) electrons. The van der Waals surface area contributed by atoms with Crippen LogP contribution < -0.4 is 15.6 Å². The van der Waals surface area contributed by atoms with Crippen molar-refractivity contribution in [3.8, 4) is 17.0 Å². The Balaban J connectivity index is 1.56. The van der Waals surface area contributed by atoms with Crippen LogP contribution >= 0.6 is 0 Å². The molecule has 3 aromatic rings. The molecular formula is C20H23N5O4. The first-order valence-electron chi connectivity index (χ1n) is 9.55. The summed E-state index contributed by atoms with van der Waals surface area (Å²) in [6.07, 6.45) is 2.00. The maximum atomic E-state index is 12.8. The molecule has 152 valence electrons. The second-order valence-electron chi connectivity index (χ2n) is 7.00. The van der Waals surface area contributed by atoms with Crippen molar-refractivity contribution in [2.75, 3.05) is 20.3 Å². The summed E-state index contributed by atoms with van der Waals surface area (Å²) in [4.78, 5) is 25.1. The summed E-state index contributed by atoms with van der Waals surface area (Å²) < 4.78 is 13.3. The Morgan fingerprint density at radius 1 is 1.31 bits per heavy atom. The van der Waals surface area contributed by atoms with Gasteiger partial charge in [0.05, 0.1) is 18.9 Å². The predicted molar refractivity (Wildman–Crippen MR) is 106 cm³/mol. The van der Waals surface area contributed by atoms with Crippen molar-refractivity contribution < 1.29 is 14.3 Å². The molecule has 0 saturated carbocycles. The maximum absolute atomic E-state index is 12.8. The van der Waals surface area contributed by atoms with E-state index >= 15 is 0 Å². The van der Waals surface area contributed by atoms with Crippen molar-refractivity contribution in [3.05, 3.63) is 46.5 Å². The first kappa shape index (κ1) is 19.1. The highest BCUT2D eigenvalue weighted by molar-refractivity contribution is 5.75. The first-order valence-corrected chi connectivity index (χ1v) is 9.55. The molecule has 9 heteroatoms. The molecule has 0 bridgehead atoms. The Morgan fingerprint density at radius 3 is 2.79 bits per heavy atom. The lowest BCUT2D eigenvalue weighted by atomic mass is 10.1. The monoisotopic (exact) mass is 397 g/mol. The normalized spacial score (nSPS) is 16.3. The standard InChI is InChI=1S/C20H23N5O4/c1-13-22-24(12-19(26)21-11-16-4-3-9-29-16)20(27)18-10-17(23-25(13)18)14-5-7-15(28-2)8-6-14/h5-8,10,16H,3-4,9,11-12H2,1-2H3,(H,21,26)/t16-/m1/s1. The molecule has 1 aromatic carbocycles. The van der Waals surface area contributed by atoms with Gasteiger partial charge < -0.3 is 14.8 Å². The Morgan fingerprint density at radius 2 is 2.10 bits per heavy atom. The Hall–Kier alpha value is -3.20. The van der Waals surface area contributed by atoms with Crippen molar-refractivity contribution in [3.63, 3.8) is 0 Å². The third-order valence-electron chi connectivity index (χ3n) is 4.96. The average molecular weight is 397 g/mol. The highest BCUT2D eigenvalue weighted by Crippen LogP contribution is 2.22. The molecule has 0 unspecified atom stereocenters. The number of nitrogens with one attached hydrogen (secondary N) is 1. The predicted octanol–water partition coefficient (Wildman–Crippen LogP) is 1.17. The lowest BCUT2D eigenvalue weighted by Gasteiger charge is -2.11. The number of ether oxygens (including phenoxy) is 2. The third kappa shape index (κ3) is 4.00. The first-order chi connectivity index (χ1) is 14.0. The lowest BCUT2D eigenvalue weighted by Crippen LogP contribution is -2.38. The average Bonchev–Trinajstić information content (AvgIpc) is 3.41. The fourth-order valence-electron chi connectivity index (χ4n) is 3.41. The van der Waals surface area contributed by atoms with Gasteiger partial charge in [0.1, 0.15) is 23.6 Å². The van der Waals surface area contributed by atoms with E-state index in [9.17, 15) is 9.59 Å². The van der Waals surface area contributed by atoms with Crippen LogP contribution in [0.3, 0.4) is 0 Å². The van der Waals surface area contributed by atoms with Crippen molar-refractivity contribution in [1.29, 1.82) is 0 Å². The van der Waals surface area contributed by atoms with E-state index in [1.165, 1.54) is 9.20 Å². The van der Waals surface area contributed by atoms with Crippen LogP contribution in [0.4, 0.5) is 0 Å². The number of methoxy groups -OCH3 is 1. The quantitative estimate of drug-likeness (QED) is 0.670. The Labute approximate surface area is 167 Å². The van der Waals surface area contributed by atoms with E-state index in [-0.39, 0.29) is 24.1 Å². The number of nitrogens with zero attached hydrogens (tertiary/aromatic N) is 4. The number of aryl methyl sites for hydroxylation is 1. The van der Waals surface area contributed by atoms with E-state index in [1.54, 1.807) is 20.1 Å². The SMILES string of the molecule is COc1ccc(-c2cc3c(=O)n(CC(=O)NC[C@H]4CCCO4)nc(C)n3n2)cc1. The smallest absolute Gasteiger partial charge is 0.293 e. The van der Waals surface area contributed by atoms with Gasteiger partial charge in [-0.25, -0.2) is 9.20 Å². The van der Waals surface area contributed by atoms with Crippen LogP contribution in [-0.4, -0.2) is 51.7 Å². The van der Waals surface area contributed by atoms with E-state index < -0.39 is 0 Å². The Bertz CT molecular complexity index is 1080. The van der Waals surface area contributed by atoms with Crippen LogP contribution in [0.1, 0.15) is 18.7 Å². The number of rotatable bonds is 6. The van der Waals surface area contributed by atoms with Crippen molar-refractivity contribution in [1.82, 2.24) is 24.7 Å². The van der Waals surface area contributed by atoms with Gasteiger partial charge in [-0.15, -0.1) is 0 Å². The zero-order chi connectivity index (χ0) is 20.4. The summed E-state index contributed by atoms with van der Waals surface area (Å²) >= 11 is 0. The fraction of sp³-hybridized carbons (Fsp3) is 0.400. The summed E-state index contributed by atoms with van der Waals surface area (Å²) in [6.45, 7) is 2.78. The van der Waals surface area contributed by atoms with Crippen LogP contribution in [0.2, 0.25) is 0 Å². The molecule has 29 heavy (non-hydrogen) atoms. The molecule has 0 spiro atoms. The van der Waals surface area contributed by atoms with Crippen molar-refractivity contribution in [2.24, 2.45) is 0 Å². The molecule has 1 fully saturated rings. The molecule has 4 rings (SSSR count). The van der Waals surface area contributed by atoms with Gasteiger partial charge in [0.15, 0.2) is 0 Å². The molecule has 0 aliphatic carbocycles. The summed E-state index contributed by atoms with van der Waals surface area (Å²) in [5.41, 5.74) is 1.51. The van der Waals surface area contributed by atoms with Gasteiger partial charge in [-0.05, 0) is 50.1 Å². The van der Waals surface area contributed by atoms with Crippen LogP contribution in [0.15, 0.2) is 35.1 Å². The number of fused-ring (bicyclic) bond motifs is 1. The van der Waals surface area contributed by atoms with Crippen molar-refractivity contribution in [2.45, 2.75) is 32.4 Å². The van der Waals surface area contributed by atoms with E-state index in [1.807, 2.05) is 24.3 Å². The topological polar surface area (TPSA) is 99.8 Å². The van der Waals surface area contributed by atoms with E-state index in [0.29, 0.717) is 23.6 Å². The highest BCUT2D eigenvalue weighted by Gasteiger charge is 2.18. The highest BCUT2D eigenvalue weighted by atomic mass is 16.5. The van der Waals surface area contributed by atoms with Crippen LogP contribution in [0.5, 0.6) is 5.75 Å². The minimum absolute atomic E-state index is 0.0507. The summed E-state index contributed by atoms with van der Waals surface area (Å²) in [7, 11) is 1.61. The van der Waals surface area contributed by atoms with Crippen molar-refractivity contribution >= 4 is 11.4 Å². The molecule has 9 nitrogen and oxygen atoms in total. The van der Waals surface area contributed by atoms with Gasteiger partial charge >= 0.3 is 0 Å². The van der Waals surface area contributed by atoms with E-state index in [4.69, 9.17) is 9.47 Å². The fourth-order valence-corrected chi connectivity index (χ4v) is 3.41. The maximum Gasteiger partial charge on any atom is 0.293 e. The van der Waals surface area contributed by atoms with Gasteiger partial charge in [0, 0.05) is 18.7 Å². The van der Waals surface area contributed by atoms with Gasteiger partial charge in [0.25, 0.3) is 5.56 Å². The second kappa shape index (κ2) is 8.04. The number of aromatic nitrogens is 4. The molecule has 1 aliphatic heterocycles. The number of carbonyl (C=O) groups excluding carboxylic acids is 1. The zero-order valence-electron chi connectivity index (χ0n) is 16.4. The number of carbonyl (C=O) groups is 1. The largest absolute Gasteiger partial charge is 0.497 e. The summed E-state index contributed by atoms with van der Waals surface area (Å²) in [5.74, 6) is 0.992. The summed E-state index contributed by atoms with van der Waals surface area (Å²) in [5, 5.41) is 11.5. The number of benzene rings is 1. The third-order valence-corrected chi connectivity index (χ3v) is 4.96. The van der Waals surface area contributed by atoms with Crippen LogP contribution in [-0.2, 0) is 16.1 Å². The summed E-state index contributed by atoms with van der Waals surface area (Å²) in [6, 6.07) is 9.13. The number of hydrogen-bond donors (Lipinski definition) is 1. The van der Waals surface area contributed by atoms with E-state index in [2.05, 4.69) is 15.5 Å². The van der Waals surface area contributed by atoms with E-state index in [0.717, 1.165) is 30.8 Å². The number of amides is 1. The molecule has 1 saturated heterocycles. The minimum Gasteiger partial charge on any atom is -0.497 e. The lowest BCUT2D eigenvalue weighted by molar-refractivity contribution is -0.122. The van der Waals surface area contributed by atoms with Crippen LogP contribution in [0, 0.1) is 6.92 Å². The molecular weight excluding hydrogens is 374 g/mol. The molecule has 1 atom stereocenters. The molecule has 1 amide bonds. The van der Waals surface area contributed by atoms with Crippen LogP contribution in [0.25, 0.3) is 16.8 Å². The van der Waals surface area contributed by atoms with Gasteiger partial charge in [0.2, 0.25) is 5.91 Å². The Kier molecular flexibility index (Phi) is 5.30. The number of hydrogen-bond acceptors (Lipinski definition) is 6. The zero-order valence-corrected chi connectivity index (χ0v) is 16.4. The molecule has 2 aromatic heterocycles.